The molecule has 120 valence electrons. The average Bonchev–Trinajstić information content (AvgIpc) is 3.13. The first-order chi connectivity index (χ1) is 11.6. The SMILES string of the molecule is CC(=O)Nc1ccc(C(=O)N2CCn3c2nc2ccccc23)cc1. The Hall–Kier alpha value is -3.15. The van der Waals surface area contributed by atoms with Crippen LogP contribution in [0.1, 0.15) is 17.3 Å². The molecular weight excluding hydrogens is 304 g/mol. The fraction of sp³-hybridized carbons (Fsp3) is 0.167. The first-order valence-corrected chi connectivity index (χ1v) is 7.78. The van der Waals surface area contributed by atoms with Crippen molar-refractivity contribution in [2.24, 2.45) is 0 Å². The van der Waals surface area contributed by atoms with Gasteiger partial charge in [0.15, 0.2) is 0 Å². The van der Waals surface area contributed by atoms with Crippen molar-refractivity contribution in [1.82, 2.24) is 9.55 Å². The molecule has 2 amide bonds. The summed E-state index contributed by atoms with van der Waals surface area (Å²) in [5.41, 5.74) is 3.19. The number of rotatable bonds is 2. The largest absolute Gasteiger partial charge is 0.326 e. The number of nitrogens with one attached hydrogen (secondary N) is 1. The second kappa shape index (κ2) is 5.49. The molecule has 1 aliphatic rings. The van der Waals surface area contributed by atoms with Gasteiger partial charge in [0.2, 0.25) is 11.9 Å². The molecule has 3 aromatic rings. The van der Waals surface area contributed by atoms with Crippen molar-refractivity contribution in [1.29, 1.82) is 0 Å². The summed E-state index contributed by atoms with van der Waals surface area (Å²) in [4.78, 5) is 30.2. The van der Waals surface area contributed by atoms with Gasteiger partial charge in [0.1, 0.15) is 0 Å². The van der Waals surface area contributed by atoms with Gasteiger partial charge < -0.3 is 9.88 Å². The van der Waals surface area contributed by atoms with E-state index in [1.54, 1.807) is 29.2 Å². The first kappa shape index (κ1) is 14.4. The monoisotopic (exact) mass is 320 g/mol. The van der Waals surface area contributed by atoms with E-state index in [-0.39, 0.29) is 11.8 Å². The summed E-state index contributed by atoms with van der Waals surface area (Å²) in [6, 6.07) is 14.8. The Morgan fingerprint density at radius 3 is 2.54 bits per heavy atom. The molecule has 0 radical (unpaired) electrons. The quantitative estimate of drug-likeness (QED) is 0.789. The van der Waals surface area contributed by atoms with Gasteiger partial charge in [-0.1, -0.05) is 12.1 Å². The van der Waals surface area contributed by atoms with Gasteiger partial charge in [0.05, 0.1) is 11.0 Å². The van der Waals surface area contributed by atoms with Gasteiger partial charge in [-0.05, 0) is 36.4 Å². The van der Waals surface area contributed by atoms with Crippen LogP contribution in [0.3, 0.4) is 0 Å². The van der Waals surface area contributed by atoms with Crippen molar-refractivity contribution in [3.8, 4) is 0 Å². The molecule has 0 saturated carbocycles. The molecule has 0 aliphatic carbocycles. The van der Waals surface area contributed by atoms with Crippen LogP contribution >= 0.6 is 0 Å². The molecule has 2 aromatic carbocycles. The standard InChI is InChI=1S/C18H16N4O2/c1-12(23)19-14-8-6-13(7-9-14)17(24)22-11-10-21-16-5-3-2-4-15(16)20-18(21)22/h2-9H,10-11H2,1H3,(H,19,23). The third-order valence-electron chi connectivity index (χ3n) is 4.12. The molecule has 1 aromatic heterocycles. The fourth-order valence-electron chi connectivity index (χ4n) is 3.04. The number of para-hydroxylation sites is 2. The van der Waals surface area contributed by atoms with Crippen molar-refractivity contribution >= 4 is 34.5 Å². The summed E-state index contributed by atoms with van der Waals surface area (Å²) in [7, 11) is 0. The van der Waals surface area contributed by atoms with E-state index in [0.717, 1.165) is 17.6 Å². The molecule has 0 saturated heterocycles. The van der Waals surface area contributed by atoms with Crippen molar-refractivity contribution in [3.05, 3.63) is 54.1 Å². The second-order valence-electron chi connectivity index (χ2n) is 5.77. The molecule has 1 aliphatic heterocycles. The number of carbonyl (C=O) groups is 2. The number of hydrogen-bond acceptors (Lipinski definition) is 3. The lowest BCUT2D eigenvalue weighted by atomic mass is 10.2. The number of hydrogen-bond donors (Lipinski definition) is 1. The van der Waals surface area contributed by atoms with E-state index < -0.39 is 0 Å². The highest BCUT2D eigenvalue weighted by molar-refractivity contribution is 6.06. The smallest absolute Gasteiger partial charge is 0.260 e. The van der Waals surface area contributed by atoms with Crippen molar-refractivity contribution in [2.45, 2.75) is 13.5 Å². The van der Waals surface area contributed by atoms with E-state index in [9.17, 15) is 9.59 Å². The van der Waals surface area contributed by atoms with Gasteiger partial charge in [-0.3, -0.25) is 14.5 Å². The molecule has 4 rings (SSSR count). The number of carbonyl (C=O) groups excluding carboxylic acids is 2. The summed E-state index contributed by atoms with van der Waals surface area (Å²) in [5.74, 6) is 0.466. The minimum absolute atomic E-state index is 0.0848. The van der Waals surface area contributed by atoms with E-state index in [0.29, 0.717) is 23.7 Å². The second-order valence-corrected chi connectivity index (χ2v) is 5.77. The van der Waals surface area contributed by atoms with Crippen LogP contribution in [-0.4, -0.2) is 27.9 Å². The molecule has 24 heavy (non-hydrogen) atoms. The van der Waals surface area contributed by atoms with Crippen LogP contribution in [0.2, 0.25) is 0 Å². The van der Waals surface area contributed by atoms with Crippen molar-refractivity contribution < 1.29 is 9.59 Å². The topological polar surface area (TPSA) is 67.2 Å². The van der Waals surface area contributed by atoms with E-state index in [2.05, 4.69) is 14.9 Å². The molecule has 0 unspecified atom stereocenters. The molecule has 2 heterocycles. The Kier molecular flexibility index (Phi) is 3.30. The normalized spacial score (nSPS) is 13.1. The Morgan fingerprint density at radius 2 is 1.79 bits per heavy atom. The lowest BCUT2D eigenvalue weighted by Crippen LogP contribution is -2.29. The third kappa shape index (κ3) is 2.32. The number of fused-ring (bicyclic) bond motifs is 3. The van der Waals surface area contributed by atoms with Crippen LogP contribution in [-0.2, 0) is 11.3 Å². The Bertz CT molecular complexity index is 943. The minimum Gasteiger partial charge on any atom is -0.326 e. The number of nitrogens with zero attached hydrogens (tertiary/aromatic N) is 3. The predicted molar refractivity (Wildman–Crippen MR) is 92.2 cm³/mol. The van der Waals surface area contributed by atoms with Crippen LogP contribution in [0, 0.1) is 0 Å². The number of benzene rings is 2. The maximum atomic E-state index is 12.8. The molecule has 0 fully saturated rings. The zero-order valence-electron chi connectivity index (χ0n) is 13.2. The first-order valence-electron chi connectivity index (χ1n) is 7.78. The molecular formula is C18H16N4O2. The lowest BCUT2D eigenvalue weighted by Gasteiger charge is -2.14. The van der Waals surface area contributed by atoms with E-state index in [1.807, 2.05) is 24.3 Å². The summed E-state index contributed by atoms with van der Waals surface area (Å²) >= 11 is 0. The van der Waals surface area contributed by atoms with Crippen LogP contribution in [0.15, 0.2) is 48.5 Å². The minimum atomic E-state index is -0.137. The van der Waals surface area contributed by atoms with Gasteiger partial charge in [0, 0.05) is 31.3 Å². The van der Waals surface area contributed by atoms with Crippen LogP contribution in [0.5, 0.6) is 0 Å². The van der Waals surface area contributed by atoms with Gasteiger partial charge in [-0.25, -0.2) is 4.98 Å². The zero-order valence-corrected chi connectivity index (χ0v) is 13.2. The third-order valence-corrected chi connectivity index (χ3v) is 4.12. The van der Waals surface area contributed by atoms with Gasteiger partial charge in [-0.15, -0.1) is 0 Å². The summed E-state index contributed by atoms with van der Waals surface area (Å²) in [6.45, 7) is 2.80. The summed E-state index contributed by atoms with van der Waals surface area (Å²) in [5, 5.41) is 2.69. The van der Waals surface area contributed by atoms with Crippen LogP contribution < -0.4 is 10.2 Å². The fourth-order valence-corrected chi connectivity index (χ4v) is 3.04. The van der Waals surface area contributed by atoms with E-state index in [1.165, 1.54) is 6.92 Å². The highest BCUT2D eigenvalue weighted by Crippen LogP contribution is 2.28. The Labute approximate surface area is 138 Å². The van der Waals surface area contributed by atoms with E-state index in [4.69, 9.17) is 0 Å². The molecule has 0 bridgehead atoms. The maximum Gasteiger partial charge on any atom is 0.260 e. The van der Waals surface area contributed by atoms with Crippen LogP contribution in [0.25, 0.3) is 11.0 Å². The van der Waals surface area contributed by atoms with E-state index >= 15 is 0 Å². The predicted octanol–water partition coefficient (Wildman–Crippen LogP) is 2.66. The van der Waals surface area contributed by atoms with Crippen molar-refractivity contribution in [3.63, 3.8) is 0 Å². The Morgan fingerprint density at radius 1 is 1.04 bits per heavy atom. The molecule has 6 heteroatoms. The number of anilines is 2. The number of aromatic nitrogens is 2. The van der Waals surface area contributed by atoms with Crippen LogP contribution in [0.4, 0.5) is 11.6 Å². The molecule has 0 atom stereocenters. The molecule has 1 N–H and O–H groups in total. The highest BCUT2D eigenvalue weighted by Gasteiger charge is 2.28. The van der Waals surface area contributed by atoms with Gasteiger partial charge in [-0.2, -0.15) is 0 Å². The summed E-state index contributed by atoms with van der Waals surface area (Å²) < 4.78 is 2.07. The maximum absolute atomic E-state index is 12.8. The van der Waals surface area contributed by atoms with Crippen molar-refractivity contribution in [2.75, 3.05) is 16.8 Å². The van der Waals surface area contributed by atoms with Gasteiger partial charge in [0.25, 0.3) is 5.91 Å². The van der Waals surface area contributed by atoms with Gasteiger partial charge >= 0.3 is 0 Å². The highest BCUT2D eigenvalue weighted by atomic mass is 16.2. The number of amides is 2. The average molecular weight is 320 g/mol. The zero-order chi connectivity index (χ0) is 16.7. The molecule has 6 nitrogen and oxygen atoms in total. The molecule has 0 spiro atoms. The summed E-state index contributed by atoms with van der Waals surface area (Å²) in [6.07, 6.45) is 0. The Balaban J connectivity index is 1.64. The number of imidazole rings is 1. The lowest BCUT2D eigenvalue weighted by molar-refractivity contribution is -0.114.